The number of rotatable bonds is 4. The van der Waals surface area contributed by atoms with Crippen molar-refractivity contribution in [1.82, 2.24) is 4.57 Å². The highest BCUT2D eigenvalue weighted by atomic mass is 16.5. The van der Waals surface area contributed by atoms with Gasteiger partial charge in [0.05, 0.1) is 14.2 Å². The van der Waals surface area contributed by atoms with E-state index in [2.05, 4.69) is 33.1 Å². The van der Waals surface area contributed by atoms with Gasteiger partial charge in [0.25, 0.3) is 0 Å². The Morgan fingerprint density at radius 2 is 1.60 bits per heavy atom. The number of hydrogen-bond acceptors (Lipinski definition) is 4. The topological polar surface area (TPSA) is 57.5 Å². The minimum atomic E-state index is -0.720. The van der Waals surface area contributed by atoms with E-state index in [0.29, 0.717) is 0 Å². The van der Waals surface area contributed by atoms with Crippen LogP contribution in [0.4, 0.5) is 0 Å². The maximum absolute atomic E-state index is 11.8. The van der Waals surface area contributed by atoms with E-state index in [9.17, 15) is 9.59 Å². The third-order valence-electron chi connectivity index (χ3n) is 4.23. The van der Waals surface area contributed by atoms with E-state index < -0.39 is 11.9 Å². The molecule has 0 aliphatic carbocycles. The maximum Gasteiger partial charge on any atom is 0.345 e. The van der Waals surface area contributed by atoms with Gasteiger partial charge in [-0.3, -0.25) is 0 Å². The van der Waals surface area contributed by atoms with Crippen LogP contribution in [0.3, 0.4) is 0 Å². The molecule has 0 saturated heterocycles. The molecule has 25 heavy (non-hydrogen) atoms. The van der Waals surface area contributed by atoms with Crippen molar-refractivity contribution >= 4 is 39.8 Å². The fourth-order valence-electron chi connectivity index (χ4n) is 3.09. The molecule has 0 fully saturated rings. The van der Waals surface area contributed by atoms with E-state index in [1.54, 1.807) is 0 Å². The minimum absolute atomic E-state index is 0.136. The van der Waals surface area contributed by atoms with Crippen LogP contribution in [0.5, 0.6) is 0 Å². The second kappa shape index (κ2) is 6.81. The van der Waals surface area contributed by atoms with Crippen LogP contribution in [0, 0.1) is 0 Å². The Labute approximate surface area is 145 Å². The second-order valence-corrected chi connectivity index (χ2v) is 5.58. The van der Waals surface area contributed by atoms with Crippen molar-refractivity contribution in [1.29, 1.82) is 0 Å². The van der Waals surface area contributed by atoms with Crippen molar-refractivity contribution in [3.05, 3.63) is 53.6 Å². The van der Waals surface area contributed by atoms with Crippen LogP contribution in [0.25, 0.3) is 27.9 Å². The molecule has 3 aromatic rings. The first-order valence-corrected chi connectivity index (χ1v) is 8.00. The van der Waals surface area contributed by atoms with Crippen molar-refractivity contribution in [3.63, 3.8) is 0 Å². The molecule has 5 heteroatoms. The Bertz CT molecular complexity index is 980. The summed E-state index contributed by atoms with van der Waals surface area (Å²) in [6, 6.07) is 14.0. The standard InChI is InChI=1S/C20H19NO4/c1-4-21-17-8-6-5-7-14(17)15-11-13(9-10-18(15)21)12-16(19(22)24-2)20(23)25-3/h5-12H,4H2,1-3H3. The molecular formula is C20H19NO4. The van der Waals surface area contributed by atoms with Gasteiger partial charge in [-0.1, -0.05) is 24.3 Å². The number of aryl methyl sites for hydroxylation is 1. The number of fused-ring (bicyclic) bond motifs is 3. The smallest absolute Gasteiger partial charge is 0.345 e. The lowest BCUT2D eigenvalue weighted by molar-refractivity contribution is -0.143. The number of para-hydroxylation sites is 1. The highest BCUT2D eigenvalue weighted by Crippen LogP contribution is 2.30. The number of hydrogen-bond donors (Lipinski definition) is 0. The van der Waals surface area contributed by atoms with E-state index in [4.69, 9.17) is 0 Å². The first kappa shape index (κ1) is 16.8. The lowest BCUT2D eigenvalue weighted by atomic mass is 10.1. The zero-order valence-electron chi connectivity index (χ0n) is 14.4. The molecule has 0 bridgehead atoms. The van der Waals surface area contributed by atoms with E-state index in [1.807, 2.05) is 30.3 Å². The number of benzene rings is 2. The lowest BCUT2D eigenvalue weighted by Gasteiger charge is -2.05. The van der Waals surface area contributed by atoms with Crippen LogP contribution in [0.2, 0.25) is 0 Å². The fraction of sp³-hybridized carbons (Fsp3) is 0.200. The number of nitrogens with zero attached hydrogens (tertiary/aromatic N) is 1. The van der Waals surface area contributed by atoms with E-state index in [-0.39, 0.29) is 5.57 Å². The fourth-order valence-corrected chi connectivity index (χ4v) is 3.09. The zero-order valence-corrected chi connectivity index (χ0v) is 14.4. The molecular weight excluding hydrogens is 318 g/mol. The number of esters is 2. The third-order valence-corrected chi connectivity index (χ3v) is 4.23. The van der Waals surface area contributed by atoms with Crippen LogP contribution in [-0.2, 0) is 25.6 Å². The summed E-state index contributed by atoms with van der Waals surface area (Å²) < 4.78 is 11.6. The van der Waals surface area contributed by atoms with Crippen LogP contribution >= 0.6 is 0 Å². The second-order valence-electron chi connectivity index (χ2n) is 5.58. The van der Waals surface area contributed by atoms with Gasteiger partial charge in [-0.15, -0.1) is 0 Å². The van der Waals surface area contributed by atoms with Crippen molar-refractivity contribution in [2.75, 3.05) is 14.2 Å². The van der Waals surface area contributed by atoms with Gasteiger partial charge in [-0.05, 0) is 36.8 Å². The van der Waals surface area contributed by atoms with Gasteiger partial charge < -0.3 is 14.0 Å². The number of ether oxygens (including phenoxy) is 2. The summed E-state index contributed by atoms with van der Waals surface area (Å²) in [6.07, 6.45) is 1.50. The monoisotopic (exact) mass is 337 g/mol. The Hall–Kier alpha value is -3.08. The Kier molecular flexibility index (Phi) is 4.57. The molecule has 1 aromatic heterocycles. The van der Waals surface area contributed by atoms with Crippen molar-refractivity contribution in [3.8, 4) is 0 Å². The number of methoxy groups -OCH3 is 2. The molecule has 0 aliphatic heterocycles. The van der Waals surface area contributed by atoms with Gasteiger partial charge in [-0.2, -0.15) is 0 Å². The third kappa shape index (κ3) is 2.89. The van der Waals surface area contributed by atoms with Gasteiger partial charge in [-0.25, -0.2) is 9.59 Å². The predicted octanol–water partition coefficient (Wildman–Crippen LogP) is 3.54. The number of aromatic nitrogens is 1. The summed E-state index contributed by atoms with van der Waals surface area (Å²) in [6.45, 7) is 2.96. The molecule has 0 N–H and O–H groups in total. The van der Waals surface area contributed by atoms with E-state index in [1.165, 1.54) is 20.3 Å². The number of carbonyl (C=O) groups excluding carboxylic acids is 2. The SMILES string of the molecule is CCn1c2ccccc2c2cc(C=C(C(=O)OC)C(=O)OC)ccc21. The molecule has 1 heterocycles. The molecule has 0 amide bonds. The molecule has 0 spiro atoms. The first-order valence-electron chi connectivity index (χ1n) is 8.00. The summed E-state index contributed by atoms with van der Waals surface area (Å²) in [5.74, 6) is -1.44. The predicted molar refractivity (Wildman–Crippen MR) is 97.1 cm³/mol. The quantitative estimate of drug-likeness (QED) is 0.316. The van der Waals surface area contributed by atoms with Crippen molar-refractivity contribution in [2.24, 2.45) is 0 Å². The van der Waals surface area contributed by atoms with Crippen LogP contribution in [0.1, 0.15) is 12.5 Å². The van der Waals surface area contributed by atoms with Crippen LogP contribution in [-0.4, -0.2) is 30.7 Å². The van der Waals surface area contributed by atoms with Crippen LogP contribution < -0.4 is 0 Å². The summed E-state index contributed by atoms with van der Waals surface area (Å²) >= 11 is 0. The normalized spacial score (nSPS) is 10.7. The van der Waals surface area contributed by atoms with E-state index in [0.717, 1.165) is 33.9 Å². The average Bonchev–Trinajstić information content (AvgIpc) is 2.98. The molecule has 0 saturated carbocycles. The van der Waals surface area contributed by atoms with E-state index >= 15 is 0 Å². The average molecular weight is 337 g/mol. The molecule has 5 nitrogen and oxygen atoms in total. The van der Waals surface area contributed by atoms with Crippen molar-refractivity contribution in [2.45, 2.75) is 13.5 Å². The van der Waals surface area contributed by atoms with Crippen molar-refractivity contribution < 1.29 is 19.1 Å². The Morgan fingerprint density at radius 1 is 0.960 bits per heavy atom. The summed E-state index contributed by atoms with van der Waals surface area (Å²) in [7, 11) is 2.47. The molecule has 0 atom stereocenters. The van der Waals surface area contributed by atoms with Gasteiger partial charge in [0, 0.05) is 28.4 Å². The molecule has 0 unspecified atom stereocenters. The van der Waals surface area contributed by atoms with Gasteiger partial charge >= 0.3 is 11.9 Å². The molecule has 2 aromatic carbocycles. The summed E-state index contributed by atoms with van der Waals surface area (Å²) in [4.78, 5) is 23.7. The summed E-state index contributed by atoms with van der Waals surface area (Å²) in [5.41, 5.74) is 2.86. The molecule has 3 rings (SSSR count). The highest BCUT2D eigenvalue weighted by molar-refractivity contribution is 6.18. The Morgan fingerprint density at radius 3 is 2.24 bits per heavy atom. The maximum atomic E-state index is 11.8. The highest BCUT2D eigenvalue weighted by Gasteiger charge is 2.20. The molecule has 0 radical (unpaired) electrons. The minimum Gasteiger partial charge on any atom is -0.465 e. The number of carbonyl (C=O) groups is 2. The molecule has 0 aliphatic rings. The Balaban J connectivity index is 2.21. The molecule has 128 valence electrons. The lowest BCUT2D eigenvalue weighted by Crippen LogP contribution is -2.15. The summed E-state index contributed by atoms with van der Waals surface area (Å²) in [5, 5.41) is 2.20. The van der Waals surface area contributed by atoms with Gasteiger partial charge in [0.2, 0.25) is 0 Å². The first-order chi connectivity index (χ1) is 12.1. The van der Waals surface area contributed by atoms with Gasteiger partial charge in [0.1, 0.15) is 5.57 Å². The van der Waals surface area contributed by atoms with Crippen LogP contribution in [0.15, 0.2) is 48.0 Å². The largest absolute Gasteiger partial charge is 0.465 e. The van der Waals surface area contributed by atoms with Gasteiger partial charge in [0.15, 0.2) is 0 Å². The zero-order chi connectivity index (χ0) is 18.0.